The van der Waals surface area contributed by atoms with Crippen LogP contribution in [0.2, 0.25) is 0 Å². The molecule has 1 saturated carbocycles. The first-order valence-electron chi connectivity index (χ1n) is 7.87. The molecule has 1 N–H and O–H groups in total. The summed E-state index contributed by atoms with van der Waals surface area (Å²) < 4.78 is 5.64. The van der Waals surface area contributed by atoms with E-state index in [-0.39, 0.29) is 11.2 Å². The number of hydrogen-bond acceptors (Lipinski definition) is 5. The standard InChI is InChI=1S/C17H19N3O2S/c1-12(15(21)20-17(11-18)9-5-2-6-10-17)23-16-19-13-7-3-4-8-14(13)22-16/h3-4,7-8,12H,2,5-6,9-10H2,1H3,(H,20,21)/t12-/m0/s1. The number of carbonyl (C=O) groups is 1. The Morgan fingerprint density at radius 3 is 2.83 bits per heavy atom. The topological polar surface area (TPSA) is 78.9 Å². The van der Waals surface area contributed by atoms with Gasteiger partial charge < -0.3 is 9.73 Å². The van der Waals surface area contributed by atoms with Gasteiger partial charge in [-0.3, -0.25) is 4.79 Å². The van der Waals surface area contributed by atoms with E-state index in [4.69, 9.17) is 4.42 Å². The number of carbonyl (C=O) groups excluding carboxylic acids is 1. The fourth-order valence-electron chi connectivity index (χ4n) is 2.86. The van der Waals surface area contributed by atoms with Gasteiger partial charge in [0.15, 0.2) is 5.58 Å². The zero-order valence-electron chi connectivity index (χ0n) is 13.0. The molecule has 0 spiro atoms. The third-order valence-electron chi connectivity index (χ3n) is 4.20. The smallest absolute Gasteiger partial charge is 0.257 e. The summed E-state index contributed by atoms with van der Waals surface area (Å²) in [6.07, 6.45) is 4.57. The van der Waals surface area contributed by atoms with Gasteiger partial charge in [0, 0.05) is 0 Å². The Kier molecular flexibility index (Phi) is 4.58. The van der Waals surface area contributed by atoms with E-state index in [0.29, 0.717) is 10.8 Å². The van der Waals surface area contributed by atoms with Crippen molar-refractivity contribution in [3.63, 3.8) is 0 Å². The van der Waals surface area contributed by atoms with Gasteiger partial charge in [-0.25, -0.2) is 4.98 Å². The van der Waals surface area contributed by atoms with Crippen molar-refractivity contribution in [2.75, 3.05) is 0 Å². The number of nitrogens with one attached hydrogen (secondary N) is 1. The SMILES string of the molecule is C[C@H](Sc1nc2ccccc2o1)C(=O)NC1(C#N)CCCCC1. The average molecular weight is 329 g/mol. The van der Waals surface area contributed by atoms with Crippen LogP contribution in [0.5, 0.6) is 0 Å². The van der Waals surface area contributed by atoms with E-state index in [1.165, 1.54) is 11.8 Å². The minimum absolute atomic E-state index is 0.138. The van der Waals surface area contributed by atoms with Gasteiger partial charge >= 0.3 is 0 Å². The molecule has 23 heavy (non-hydrogen) atoms. The van der Waals surface area contributed by atoms with E-state index in [0.717, 1.165) is 37.6 Å². The zero-order chi connectivity index (χ0) is 16.3. The van der Waals surface area contributed by atoms with Crippen molar-refractivity contribution in [2.45, 2.75) is 55.0 Å². The molecule has 1 heterocycles. The number of thioether (sulfide) groups is 1. The number of rotatable bonds is 4. The molecule has 1 aromatic carbocycles. The second-order valence-electron chi connectivity index (χ2n) is 5.95. The van der Waals surface area contributed by atoms with Crippen LogP contribution in [0.25, 0.3) is 11.1 Å². The number of fused-ring (bicyclic) bond motifs is 1. The third kappa shape index (κ3) is 3.50. The molecule has 2 aromatic rings. The summed E-state index contributed by atoms with van der Waals surface area (Å²) in [7, 11) is 0. The molecule has 3 rings (SSSR count). The van der Waals surface area contributed by atoms with Crippen LogP contribution in [0, 0.1) is 11.3 Å². The number of aromatic nitrogens is 1. The van der Waals surface area contributed by atoms with Crippen LogP contribution < -0.4 is 5.32 Å². The summed E-state index contributed by atoms with van der Waals surface area (Å²) in [6.45, 7) is 1.81. The van der Waals surface area contributed by atoms with Gasteiger partial charge in [0.25, 0.3) is 5.22 Å². The number of nitrogens with zero attached hydrogens (tertiary/aromatic N) is 2. The summed E-state index contributed by atoms with van der Waals surface area (Å²) in [6, 6.07) is 9.82. The number of oxazole rings is 1. The second-order valence-corrected chi connectivity index (χ2v) is 7.24. The molecule has 6 heteroatoms. The maximum Gasteiger partial charge on any atom is 0.257 e. The van der Waals surface area contributed by atoms with Crippen molar-refractivity contribution in [1.29, 1.82) is 5.26 Å². The van der Waals surface area contributed by atoms with Crippen LogP contribution in [-0.2, 0) is 4.79 Å². The summed E-state index contributed by atoms with van der Waals surface area (Å²) in [5, 5.41) is 12.5. The summed E-state index contributed by atoms with van der Waals surface area (Å²) in [5.41, 5.74) is 0.789. The highest BCUT2D eigenvalue weighted by molar-refractivity contribution is 8.00. The molecule has 0 bridgehead atoms. The maximum atomic E-state index is 12.4. The lowest BCUT2D eigenvalue weighted by Gasteiger charge is -2.32. The molecule has 0 radical (unpaired) electrons. The molecular formula is C17H19N3O2S. The lowest BCUT2D eigenvalue weighted by Crippen LogP contribution is -2.50. The van der Waals surface area contributed by atoms with Crippen LogP contribution >= 0.6 is 11.8 Å². The molecule has 0 unspecified atom stereocenters. The second kappa shape index (κ2) is 6.63. The fraction of sp³-hybridized carbons (Fsp3) is 0.471. The van der Waals surface area contributed by atoms with E-state index < -0.39 is 5.54 Å². The molecule has 120 valence electrons. The molecule has 1 amide bonds. The summed E-state index contributed by atoms with van der Waals surface area (Å²) in [5.74, 6) is -0.138. The molecule has 1 fully saturated rings. The average Bonchev–Trinajstić information content (AvgIpc) is 2.97. The fourth-order valence-corrected chi connectivity index (χ4v) is 3.62. The minimum Gasteiger partial charge on any atom is -0.431 e. The number of nitriles is 1. The van der Waals surface area contributed by atoms with Crippen LogP contribution in [0.3, 0.4) is 0 Å². The van der Waals surface area contributed by atoms with Crippen molar-refractivity contribution in [2.24, 2.45) is 0 Å². The third-order valence-corrected chi connectivity index (χ3v) is 5.15. The van der Waals surface area contributed by atoms with Crippen molar-refractivity contribution in [1.82, 2.24) is 10.3 Å². The van der Waals surface area contributed by atoms with Crippen molar-refractivity contribution >= 4 is 28.8 Å². The lowest BCUT2D eigenvalue weighted by atomic mass is 9.83. The molecule has 1 atom stereocenters. The van der Waals surface area contributed by atoms with Gasteiger partial charge in [0.05, 0.1) is 11.3 Å². The quantitative estimate of drug-likeness (QED) is 0.866. The number of amides is 1. The molecule has 5 nitrogen and oxygen atoms in total. The Labute approximate surface area is 139 Å². The highest BCUT2D eigenvalue weighted by atomic mass is 32.2. The van der Waals surface area contributed by atoms with Gasteiger partial charge in [0.1, 0.15) is 11.1 Å². The van der Waals surface area contributed by atoms with E-state index in [1.54, 1.807) is 0 Å². The Morgan fingerprint density at radius 2 is 2.13 bits per heavy atom. The predicted octanol–water partition coefficient (Wildman–Crippen LogP) is 3.65. The van der Waals surface area contributed by atoms with Gasteiger partial charge in [-0.05, 0) is 31.9 Å². The van der Waals surface area contributed by atoms with Gasteiger partial charge in [-0.15, -0.1) is 0 Å². The van der Waals surface area contributed by atoms with Crippen LogP contribution in [0.15, 0.2) is 33.9 Å². The van der Waals surface area contributed by atoms with Gasteiger partial charge in [-0.1, -0.05) is 43.2 Å². The van der Waals surface area contributed by atoms with Crippen molar-refractivity contribution in [3.05, 3.63) is 24.3 Å². The number of hydrogen-bond donors (Lipinski definition) is 1. The number of para-hydroxylation sites is 2. The van der Waals surface area contributed by atoms with E-state index in [1.807, 2.05) is 31.2 Å². The first-order valence-corrected chi connectivity index (χ1v) is 8.75. The Balaban J connectivity index is 1.66. The monoisotopic (exact) mass is 329 g/mol. The number of benzene rings is 1. The molecule has 0 saturated heterocycles. The highest BCUT2D eigenvalue weighted by Gasteiger charge is 2.35. The Hall–Kier alpha value is -2.00. The Bertz CT molecular complexity index is 711. The first-order chi connectivity index (χ1) is 11.1. The van der Waals surface area contributed by atoms with Crippen LogP contribution in [0.4, 0.5) is 0 Å². The molecule has 1 aromatic heterocycles. The zero-order valence-corrected chi connectivity index (χ0v) is 13.9. The van der Waals surface area contributed by atoms with E-state index >= 15 is 0 Å². The molecule has 0 aliphatic heterocycles. The minimum atomic E-state index is -0.703. The largest absolute Gasteiger partial charge is 0.431 e. The van der Waals surface area contributed by atoms with Gasteiger partial charge in [0.2, 0.25) is 5.91 Å². The summed E-state index contributed by atoms with van der Waals surface area (Å²) >= 11 is 1.28. The lowest BCUT2D eigenvalue weighted by molar-refractivity contribution is -0.122. The highest BCUT2D eigenvalue weighted by Crippen LogP contribution is 2.30. The van der Waals surface area contributed by atoms with Crippen LogP contribution in [-0.4, -0.2) is 21.7 Å². The predicted molar refractivity (Wildman–Crippen MR) is 88.9 cm³/mol. The summed E-state index contributed by atoms with van der Waals surface area (Å²) in [4.78, 5) is 16.8. The molecule has 1 aliphatic carbocycles. The first kappa shape index (κ1) is 15.9. The van der Waals surface area contributed by atoms with Gasteiger partial charge in [-0.2, -0.15) is 5.26 Å². The Morgan fingerprint density at radius 1 is 1.39 bits per heavy atom. The molecule has 1 aliphatic rings. The van der Waals surface area contributed by atoms with E-state index in [9.17, 15) is 10.1 Å². The molecular weight excluding hydrogens is 310 g/mol. The van der Waals surface area contributed by atoms with E-state index in [2.05, 4.69) is 16.4 Å². The normalized spacial score (nSPS) is 18.3. The van der Waals surface area contributed by atoms with Crippen molar-refractivity contribution < 1.29 is 9.21 Å². The maximum absolute atomic E-state index is 12.4. The van der Waals surface area contributed by atoms with Crippen molar-refractivity contribution in [3.8, 4) is 6.07 Å². The van der Waals surface area contributed by atoms with Crippen LogP contribution in [0.1, 0.15) is 39.0 Å².